The van der Waals surface area contributed by atoms with Crippen LogP contribution in [0.3, 0.4) is 0 Å². The Kier molecular flexibility index (Phi) is 8.59. The van der Waals surface area contributed by atoms with Crippen LogP contribution in [0.15, 0.2) is 102 Å². The number of benzene rings is 4. The number of hydrogen-bond acceptors (Lipinski definition) is 6. The maximum Gasteiger partial charge on any atom is 0.282 e. The molecule has 216 valence electrons. The number of rotatable bonds is 8. The molecule has 7 nitrogen and oxygen atoms in total. The highest BCUT2D eigenvalue weighted by Crippen LogP contribution is 2.35. The van der Waals surface area contributed by atoms with Crippen LogP contribution in [0.1, 0.15) is 18.1 Å². The van der Waals surface area contributed by atoms with Crippen LogP contribution in [0.25, 0.3) is 33.5 Å². The quantitative estimate of drug-likeness (QED) is 0.145. The Morgan fingerprint density at radius 1 is 0.977 bits per heavy atom. The van der Waals surface area contributed by atoms with E-state index < -0.39 is 0 Å². The molecule has 2 aromatic heterocycles. The van der Waals surface area contributed by atoms with E-state index in [9.17, 15) is 4.79 Å². The van der Waals surface area contributed by atoms with Gasteiger partial charge in [-0.15, -0.1) is 0 Å². The second kappa shape index (κ2) is 12.5. The first-order valence-corrected chi connectivity index (χ1v) is 15.4. The zero-order valence-electron chi connectivity index (χ0n) is 22.5. The van der Waals surface area contributed by atoms with E-state index in [1.807, 2.05) is 43.3 Å². The number of fused-ring (bicyclic) bond motifs is 2. The lowest BCUT2D eigenvalue weighted by molar-refractivity contribution is 0.269. The van der Waals surface area contributed by atoms with Crippen molar-refractivity contribution >= 4 is 83.1 Å². The molecule has 11 heteroatoms. The Morgan fingerprint density at radius 3 is 2.60 bits per heavy atom. The van der Waals surface area contributed by atoms with E-state index in [1.165, 1.54) is 4.68 Å². The van der Waals surface area contributed by atoms with Crippen molar-refractivity contribution in [2.75, 3.05) is 6.61 Å². The Balaban J connectivity index is 1.40. The van der Waals surface area contributed by atoms with Crippen molar-refractivity contribution in [3.63, 3.8) is 0 Å². The van der Waals surface area contributed by atoms with Crippen LogP contribution in [-0.4, -0.2) is 22.5 Å². The molecule has 0 aliphatic heterocycles. The molecule has 0 saturated carbocycles. The first kappa shape index (κ1) is 29.4. The zero-order chi connectivity index (χ0) is 30.1. The topological polar surface area (TPSA) is 78.9 Å². The van der Waals surface area contributed by atoms with Gasteiger partial charge in [0.05, 0.1) is 23.7 Å². The molecule has 6 rings (SSSR count). The number of furan rings is 1. The van der Waals surface area contributed by atoms with Gasteiger partial charge in [-0.25, -0.2) is 4.98 Å². The lowest BCUT2D eigenvalue weighted by Gasteiger charge is -2.14. The van der Waals surface area contributed by atoms with Crippen molar-refractivity contribution in [2.45, 2.75) is 13.5 Å². The van der Waals surface area contributed by atoms with E-state index in [1.54, 1.807) is 48.7 Å². The largest absolute Gasteiger partial charge is 0.490 e. The standard InChI is InChI=1S/C32H21Br2Cl2N3O4/c1-2-41-28-13-20(24(34)15-29(28)42-17-18-7-9-22(35)14-25(18)36)16-37-39-31(38-26-6-4-3-5-23(26)32(39)40)30-12-19-11-21(33)8-10-27(19)43-30/h3-16H,2,17H2,1H3. The van der Waals surface area contributed by atoms with E-state index in [4.69, 9.17) is 42.1 Å². The fourth-order valence-electron chi connectivity index (χ4n) is 4.46. The minimum atomic E-state index is -0.334. The first-order valence-electron chi connectivity index (χ1n) is 13.1. The third kappa shape index (κ3) is 6.21. The van der Waals surface area contributed by atoms with Gasteiger partial charge in [-0.05, 0) is 83.5 Å². The zero-order valence-corrected chi connectivity index (χ0v) is 27.2. The lowest BCUT2D eigenvalue weighted by Crippen LogP contribution is -2.20. The summed E-state index contributed by atoms with van der Waals surface area (Å²) in [6.45, 7) is 2.51. The Labute approximate surface area is 272 Å². The summed E-state index contributed by atoms with van der Waals surface area (Å²) in [6, 6.07) is 23.5. The Hall–Kier alpha value is -3.63. The molecule has 4 aromatic carbocycles. The number of hydrogen-bond donors (Lipinski definition) is 0. The number of halogens is 4. The highest BCUT2D eigenvalue weighted by molar-refractivity contribution is 9.10. The van der Waals surface area contributed by atoms with Crippen molar-refractivity contribution in [2.24, 2.45) is 5.10 Å². The monoisotopic (exact) mass is 739 g/mol. The van der Waals surface area contributed by atoms with Gasteiger partial charge < -0.3 is 13.9 Å². The summed E-state index contributed by atoms with van der Waals surface area (Å²) >= 11 is 19.5. The van der Waals surface area contributed by atoms with Gasteiger partial charge in [-0.1, -0.05) is 57.3 Å². The molecule has 0 saturated heterocycles. The number of nitrogens with zero attached hydrogens (tertiary/aromatic N) is 3. The second-order valence-electron chi connectivity index (χ2n) is 9.38. The molecule has 0 aliphatic carbocycles. The number of aromatic nitrogens is 2. The summed E-state index contributed by atoms with van der Waals surface area (Å²) < 4.78 is 20.9. The number of para-hydroxylation sites is 1. The maximum absolute atomic E-state index is 13.7. The fraction of sp³-hybridized carbons (Fsp3) is 0.0938. The van der Waals surface area contributed by atoms with Crippen LogP contribution < -0.4 is 15.0 Å². The van der Waals surface area contributed by atoms with E-state index in [-0.39, 0.29) is 18.0 Å². The van der Waals surface area contributed by atoms with E-state index in [0.717, 1.165) is 15.4 Å². The van der Waals surface area contributed by atoms with E-state index >= 15 is 0 Å². The van der Waals surface area contributed by atoms with Crippen LogP contribution in [0.4, 0.5) is 0 Å². The molecule has 0 radical (unpaired) electrons. The van der Waals surface area contributed by atoms with Crippen LogP contribution in [-0.2, 0) is 6.61 Å². The average molecular weight is 742 g/mol. The molecule has 0 N–H and O–H groups in total. The molecule has 0 atom stereocenters. The molecule has 43 heavy (non-hydrogen) atoms. The summed E-state index contributed by atoms with van der Waals surface area (Å²) in [5, 5.41) is 6.94. The average Bonchev–Trinajstić information content (AvgIpc) is 3.41. The van der Waals surface area contributed by atoms with Gasteiger partial charge in [0.2, 0.25) is 5.82 Å². The van der Waals surface area contributed by atoms with Crippen molar-refractivity contribution in [3.05, 3.63) is 119 Å². The minimum absolute atomic E-state index is 0.214. The van der Waals surface area contributed by atoms with Crippen molar-refractivity contribution < 1.29 is 13.9 Å². The molecule has 0 fully saturated rings. The minimum Gasteiger partial charge on any atom is -0.490 e. The van der Waals surface area contributed by atoms with Crippen LogP contribution in [0.5, 0.6) is 11.5 Å². The molecule has 0 bridgehead atoms. The molecule has 0 amide bonds. The highest BCUT2D eigenvalue weighted by Gasteiger charge is 2.17. The van der Waals surface area contributed by atoms with Gasteiger partial charge in [-0.2, -0.15) is 9.78 Å². The molecule has 0 aliphatic rings. The Bertz CT molecular complexity index is 2090. The first-order chi connectivity index (χ1) is 20.8. The SMILES string of the molecule is CCOc1cc(C=Nn2c(-c3cc4cc(Br)ccc4o3)nc3ccccc3c2=O)c(Br)cc1OCc1ccc(Cl)cc1Cl. The maximum atomic E-state index is 13.7. The van der Waals surface area contributed by atoms with Gasteiger partial charge in [0.25, 0.3) is 5.56 Å². The van der Waals surface area contributed by atoms with Crippen molar-refractivity contribution in [1.29, 1.82) is 0 Å². The molecule has 0 spiro atoms. The summed E-state index contributed by atoms with van der Waals surface area (Å²) in [4.78, 5) is 18.4. The summed E-state index contributed by atoms with van der Waals surface area (Å²) in [5.41, 5.74) is 2.30. The van der Waals surface area contributed by atoms with Gasteiger partial charge >= 0.3 is 0 Å². The second-order valence-corrected chi connectivity index (χ2v) is 12.0. The highest BCUT2D eigenvalue weighted by atomic mass is 79.9. The molecule has 0 unspecified atom stereocenters. The summed E-state index contributed by atoms with van der Waals surface area (Å²) in [7, 11) is 0. The van der Waals surface area contributed by atoms with Gasteiger partial charge in [-0.3, -0.25) is 4.79 Å². The molecular formula is C32H21Br2Cl2N3O4. The predicted octanol–water partition coefficient (Wildman–Crippen LogP) is 9.50. The van der Waals surface area contributed by atoms with Crippen molar-refractivity contribution in [3.8, 4) is 23.1 Å². The third-order valence-corrected chi connectivity index (χ3v) is 8.29. The normalized spacial score (nSPS) is 11.6. The van der Waals surface area contributed by atoms with Crippen LogP contribution in [0, 0.1) is 0 Å². The van der Waals surface area contributed by atoms with Gasteiger partial charge in [0.15, 0.2) is 17.3 Å². The van der Waals surface area contributed by atoms with Crippen LogP contribution in [0.2, 0.25) is 10.0 Å². The van der Waals surface area contributed by atoms with Gasteiger partial charge in [0.1, 0.15) is 12.2 Å². The Morgan fingerprint density at radius 2 is 1.79 bits per heavy atom. The van der Waals surface area contributed by atoms with Gasteiger partial charge in [0, 0.05) is 35.5 Å². The molecule has 2 heterocycles. The fourth-order valence-corrected chi connectivity index (χ4v) is 5.73. The third-order valence-electron chi connectivity index (χ3n) is 6.53. The summed E-state index contributed by atoms with van der Waals surface area (Å²) in [6.07, 6.45) is 1.56. The summed E-state index contributed by atoms with van der Waals surface area (Å²) in [5.74, 6) is 1.69. The smallest absolute Gasteiger partial charge is 0.282 e. The van der Waals surface area contributed by atoms with E-state index in [2.05, 4.69) is 37.0 Å². The molecular weight excluding hydrogens is 721 g/mol. The lowest BCUT2D eigenvalue weighted by atomic mass is 10.2. The number of ether oxygens (including phenoxy) is 2. The van der Waals surface area contributed by atoms with Crippen molar-refractivity contribution in [1.82, 2.24) is 9.66 Å². The predicted molar refractivity (Wildman–Crippen MR) is 178 cm³/mol. The van der Waals surface area contributed by atoms with E-state index in [0.29, 0.717) is 60.4 Å². The van der Waals surface area contributed by atoms with Crippen LogP contribution >= 0.6 is 55.1 Å². The molecule has 6 aromatic rings.